The van der Waals surface area contributed by atoms with E-state index < -0.39 is 0 Å². The molecule has 0 bridgehead atoms. The van der Waals surface area contributed by atoms with Crippen LogP contribution in [-0.4, -0.2) is 9.97 Å². The van der Waals surface area contributed by atoms with Crippen LogP contribution in [0, 0.1) is 0 Å². The van der Waals surface area contributed by atoms with Gasteiger partial charge in [-0.1, -0.05) is 152 Å². The van der Waals surface area contributed by atoms with Crippen LogP contribution in [0.15, 0.2) is 199 Å². The van der Waals surface area contributed by atoms with Crippen LogP contribution in [0.5, 0.6) is 0 Å². The van der Waals surface area contributed by atoms with Crippen molar-refractivity contribution in [2.75, 3.05) is 0 Å². The van der Waals surface area contributed by atoms with Crippen LogP contribution in [-0.2, 0) is 0 Å². The zero-order chi connectivity index (χ0) is 35.1. The van der Waals surface area contributed by atoms with Gasteiger partial charge in [0.25, 0.3) is 0 Å². The van der Waals surface area contributed by atoms with E-state index in [0.29, 0.717) is 5.82 Å². The fraction of sp³-hybridized carbons (Fsp3) is 0. The molecule has 8 aromatic carbocycles. The normalized spacial score (nSPS) is 11.4. The minimum Gasteiger partial charge on any atom is -0.455 e. The number of hydrogen-bond donors (Lipinski definition) is 0. The summed E-state index contributed by atoms with van der Waals surface area (Å²) in [4.78, 5) is 10.4. The summed E-state index contributed by atoms with van der Waals surface area (Å²) in [5, 5.41) is 4.45. The summed E-state index contributed by atoms with van der Waals surface area (Å²) < 4.78 is 6.61. The predicted octanol–water partition coefficient (Wildman–Crippen LogP) is 13.5. The van der Waals surface area contributed by atoms with Crippen molar-refractivity contribution in [3.05, 3.63) is 194 Å². The van der Waals surface area contributed by atoms with Crippen LogP contribution >= 0.6 is 0 Å². The van der Waals surface area contributed by atoms with Crippen LogP contribution in [0.4, 0.5) is 0 Å². The van der Waals surface area contributed by atoms with Gasteiger partial charge in [0.2, 0.25) is 0 Å². The van der Waals surface area contributed by atoms with Crippen molar-refractivity contribution in [1.29, 1.82) is 0 Å². The van der Waals surface area contributed by atoms with Crippen LogP contribution in [0.1, 0.15) is 0 Å². The molecule has 248 valence electrons. The third-order valence-corrected chi connectivity index (χ3v) is 10.0. The lowest BCUT2D eigenvalue weighted by Gasteiger charge is -2.14. The van der Waals surface area contributed by atoms with Crippen molar-refractivity contribution in [2.24, 2.45) is 0 Å². The van der Waals surface area contributed by atoms with E-state index in [4.69, 9.17) is 14.4 Å². The number of nitrogens with zero attached hydrogens (tertiary/aromatic N) is 2. The van der Waals surface area contributed by atoms with Crippen molar-refractivity contribution < 1.29 is 4.42 Å². The first-order valence-electron chi connectivity index (χ1n) is 17.9. The van der Waals surface area contributed by atoms with Gasteiger partial charge in [0, 0.05) is 32.8 Å². The number of aromatic nitrogens is 2. The van der Waals surface area contributed by atoms with Gasteiger partial charge in [0.05, 0.1) is 11.4 Å². The van der Waals surface area contributed by atoms with E-state index in [-0.39, 0.29) is 0 Å². The molecular weight excluding hydrogens is 645 g/mol. The number of fused-ring (bicyclic) bond motifs is 5. The molecule has 10 aromatic rings. The lowest BCUT2D eigenvalue weighted by atomic mass is 9.91. The Kier molecular flexibility index (Phi) is 7.47. The molecule has 0 aliphatic rings. The van der Waals surface area contributed by atoms with Crippen LogP contribution in [0.3, 0.4) is 0 Å². The maximum Gasteiger partial charge on any atom is 0.160 e. The van der Waals surface area contributed by atoms with Gasteiger partial charge in [0.1, 0.15) is 11.2 Å². The second-order valence-corrected chi connectivity index (χ2v) is 13.4. The summed E-state index contributed by atoms with van der Waals surface area (Å²) in [7, 11) is 0. The molecule has 0 fully saturated rings. The summed E-state index contributed by atoms with van der Waals surface area (Å²) in [6.45, 7) is 0. The number of furan rings is 1. The Morgan fingerprint density at radius 1 is 0.340 bits per heavy atom. The average molecular weight is 677 g/mol. The molecule has 0 aliphatic carbocycles. The fourth-order valence-electron chi connectivity index (χ4n) is 7.46. The first-order chi connectivity index (χ1) is 26.2. The number of benzene rings is 8. The second kappa shape index (κ2) is 12.9. The van der Waals surface area contributed by atoms with E-state index in [2.05, 4.69) is 164 Å². The third kappa shape index (κ3) is 5.65. The molecule has 10 rings (SSSR count). The summed E-state index contributed by atoms with van der Waals surface area (Å²) in [6, 6.07) is 68.0. The highest BCUT2D eigenvalue weighted by atomic mass is 16.3. The highest BCUT2D eigenvalue weighted by Gasteiger charge is 2.19. The van der Waals surface area contributed by atoms with E-state index >= 15 is 0 Å². The highest BCUT2D eigenvalue weighted by molar-refractivity contribution is 6.21. The Hall–Kier alpha value is -7.10. The van der Waals surface area contributed by atoms with Crippen molar-refractivity contribution in [3.63, 3.8) is 0 Å². The Morgan fingerprint density at radius 3 is 1.62 bits per heavy atom. The quantitative estimate of drug-likeness (QED) is 0.176. The molecule has 0 saturated carbocycles. The topological polar surface area (TPSA) is 38.9 Å². The van der Waals surface area contributed by atoms with Crippen LogP contribution in [0.25, 0.3) is 100.0 Å². The van der Waals surface area contributed by atoms with E-state index in [0.717, 1.165) is 88.6 Å². The molecule has 0 N–H and O–H groups in total. The Morgan fingerprint density at radius 2 is 0.868 bits per heavy atom. The molecule has 0 atom stereocenters. The molecular formula is C50H32N2O. The van der Waals surface area contributed by atoms with Gasteiger partial charge >= 0.3 is 0 Å². The summed E-state index contributed by atoms with van der Waals surface area (Å²) in [5.74, 6) is 0.684. The zero-order valence-electron chi connectivity index (χ0n) is 28.8. The van der Waals surface area contributed by atoms with Gasteiger partial charge in [-0.15, -0.1) is 0 Å². The Labute approximate surface area is 307 Å². The lowest BCUT2D eigenvalue weighted by Crippen LogP contribution is -1.97. The van der Waals surface area contributed by atoms with E-state index in [1.165, 1.54) is 5.56 Å². The SMILES string of the molecule is c1ccc(-c2cccc(-c3cc(-c4cc(-c5ccccc5)cc(-c5cc6ccccc6c6oc7ccccc7c56)c4)nc(-c4ccccc4)n3)c2)cc1. The molecule has 2 heterocycles. The summed E-state index contributed by atoms with van der Waals surface area (Å²) >= 11 is 0. The van der Waals surface area contributed by atoms with Crippen molar-refractivity contribution in [2.45, 2.75) is 0 Å². The second-order valence-electron chi connectivity index (χ2n) is 13.4. The predicted molar refractivity (Wildman–Crippen MR) is 219 cm³/mol. The van der Waals surface area contributed by atoms with Gasteiger partial charge in [-0.3, -0.25) is 0 Å². The minimum absolute atomic E-state index is 0.684. The molecule has 3 nitrogen and oxygen atoms in total. The van der Waals surface area contributed by atoms with Gasteiger partial charge in [-0.05, 0) is 81.2 Å². The van der Waals surface area contributed by atoms with Gasteiger partial charge in [0.15, 0.2) is 5.82 Å². The number of hydrogen-bond acceptors (Lipinski definition) is 3. The van der Waals surface area contributed by atoms with E-state index in [1.54, 1.807) is 0 Å². The number of para-hydroxylation sites is 1. The Balaban J connectivity index is 1.24. The number of rotatable bonds is 6. The monoisotopic (exact) mass is 676 g/mol. The van der Waals surface area contributed by atoms with E-state index in [1.807, 2.05) is 30.3 Å². The largest absolute Gasteiger partial charge is 0.455 e. The molecule has 0 radical (unpaired) electrons. The van der Waals surface area contributed by atoms with Crippen molar-refractivity contribution in [1.82, 2.24) is 9.97 Å². The standard InChI is InChI=1S/C50H32N2O/c1-4-15-33(16-5-1)36-22-14-23-38(27-36)45-32-46(52-50(51-45)35-19-8-3-9-20-35)41-29-39(34-17-6-2-7-18-34)28-40(30-41)44-31-37-21-10-11-24-42(37)49-48(44)43-25-12-13-26-47(43)53-49/h1-32H. The van der Waals surface area contributed by atoms with Crippen molar-refractivity contribution >= 4 is 32.7 Å². The van der Waals surface area contributed by atoms with Gasteiger partial charge in [-0.25, -0.2) is 9.97 Å². The van der Waals surface area contributed by atoms with Gasteiger partial charge in [-0.2, -0.15) is 0 Å². The maximum absolute atomic E-state index is 6.61. The molecule has 3 heteroatoms. The third-order valence-electron chi connectivity index (χ3n) is 10.0. The minimum atomic E-state index is 0.684. The lowest BCUT2D eigenvalue weighted by molar-refractivity contribution is 0.673. The van der Waals surface area contributed by atoms with Gasteiger partial charge < -0.3 is 4.42 Å². The van der Waals surface area contributed by atoms with Crippen molar-refractivity contribution in [3.8, 4) is 67.3 Å². The van der Waals surface area contributed by atoms with Crippen LogP contribution < -0.4 is 0 Å². The maximum atomic E-state index is 6.61. The molecule has 0 saturated heterocycles. The molecule has 0 unspecified atom stereocenters. The summed E-state index contributed by atoms with van der Waals surface area (Å²) in [6.07, 6.45) is 0. The van der Waals surface area contributed by atoms with Crippen LogP contribution in [0.2, 0.25) is 0 Å². The fourth-order valence-corrected chi connectivity index (χ4v) is 7.46. The smallest absolute Gasteiger partial charge is 0.160 e. The highest BCUT2D eigenvalue weighted by Crippen LogP contribution is 2.43. The molecule has 2 aromatic heterocycles. The first-order valence-corrected chi connectivity index (χ1v) is 17.9. The molecule has 0 amide bonds. The molecule has 0 aliphatic heterocycles. The zero-order valence-corrected chi connectivity index (χ0v) is 28.8. The molecule has 0 spiro atoms. The average Bonchev–Trinajstić information content (AvgIpc) is 3.64. The first kappa shape index (κ1) is 30.7. The van der Waals surface area contributed by atoms with E-state index in [9.17, 15) is 0 Å². The Bertz CT molecular complexity index is 2930. The molecule has 53 heavy (non-hydrogen) atoms. The summed E-state index contributed by atoms with van der Waals surface area (Å²) in [5.41, 5.74) is 13.3.